The number of nitrogens with zero attached hydrogens (tertiary/aromatic N) is 4. The second-order valence-corrected chi connectivity index (χ2v) is 5.89. The minimum absolute atomic E-state index is 0.0952. The largest absolute Gasteiger partial charge is 0.364 e. The summed E-state index contributed by atoms with van der Waals surface area (Å²) in [5.41, 5.74) is 2.74. The first kappa shape index (κ1) is 14.7. The van der Waals surface area contributed by atoms with Crippen molar-refractivity contribution in [3.63, 3.8) is 0 Å². The fourth-order valence-electron chi connectivity index (χ4n) is 3.07. The maximum Gasteiger partial charge on any atom is 0.224 e. The van der Waals surface area contributed by atoms with Gasteiger partial charge < -0.3 is 10.2 Å². The van der Waals surface area contributed by atoms with Crippen molar-refractivity contribution in [3.8, 4) is 0 Å². The van der Waals surface area contributed by atoms with Crippen LogP contribution in [0, 0.1) is 13.8 Å². The van der Waals surface area contributed by atoms with E-state index in [2.05, 4.69) is 27.2 Å². The second kappa shape index (κ2) is 5.87. The Morgan fingerprint density at radius 2 is 2.18 bits per heavy atom. The van der Waals surface area contributed by atoms with Crippen LogP contribution in [0.2, 0.25) is 0 Å². The van der Waals surface area contributed by atoms with E-state index in [1.54, 1.807) is 0 Å². The van der Waals surface area contributed by atoms with Crippen LogP contribution in [0.25, 0.3) is 11.0 Å². The number of pyridine rings is 1. The lowest BCUT2D eigenvalue weighted by Crippen LogP contribution is -2.28. The van der Waals surface area contributed by atoms with Gasteiger partial charge >= 0.3 is 0 Å². The van der Waals surface area contributed by atoms with E-state index in [-0.39, 0.29) is 11.9 Å². The van der Waals surface area contributed by atoms with Crippen molar-refractivity contribution < 1.29 is 4.79 Å². The van der Waals surface area contributed by atoms with Crippen molar-refractivity contribution >= 4 is 22.8 Å². The Bertz CT molecular complexity index is 715. The number of carbonyl (C=O) groups is 1. The summed E-state index contributed by atoms with van der Waals surface area (Å²) in [4.78, 5) is 27.0. The van der Waals surface area contributed by atoms with Crippen molar-refractivity contribution in [2.75, 3.05) is 18.4 Å². The zero-order valence-electron chi connectivity index (χ0n) is 13.3. The van der Waals surface area contributed by atoms with Crippen LogP contribution < -0.4 is 5.32 Å². The van der Waals surface area contributed by atoms with Crippen LogP contribution in [-0.4, -0.2) is 44.9 Å². The number of amides is 1. The topological polar surface area (TPSA) is 71.0 Å². The number of fused-ring (bicyclic) bond motifs is 1. The zero-order valence-corrected chi connectivity index (χ0v) is 13.3. The molecule has 0 saturated carbocycles. The summed E-state index contributed by atoms with van der Waals surface area (Å²) in [5.74, 6) is 0.981. The SMILES string of the molecule is CCCN1C[C@H](Nc2ncnc3nc(C)cc(C)c23)CC1=O. The quantitative estimate of drug-likeness (QED) is 0.935. The highest BCUT2D eigenvalue weighted by atomic mass is 16.2. The average molecular weight is 299 g/mol. The van der Waals surface area contributed by atoms with Gasteiger partial charge in [0.25, 0.3) is 0 Å². The summed E-state index contributed by atoms with van der Waals surface area (Å²) in [6.07, 6.45) is 3.03. The molecule has 22 heavy (non-hydrogen) atoms. The molecule has 3 rings (SSSR count). The van der Waals surface area contributed by atoms with Crippen molar-refractivity contribution in [3.05, 3.63) is 23.7 Å². The van der Waals surface area contributed by atoms with E-state index in [1.807, 2.05) is 24.8 Å². The third-order valence-electron chi connectivity index (χ3n) is 3.98. The maximum atomic E-state index is 12.0. The third kappa shape index (κ3) is 2.73. The van der Waals surface area contributed by atoms with Crippen molar-refractivity contribution in [2.45, 2.75) is 39.7 Å². The van der Waals surface area contributed by atoms with Gasteiger partial charge in [-0.15, -0.1) is 0 Å². The fraction of sp³-hybridized carbons (Fsp3) is 0.500. The minimum atomic E-state index is 0.0952. The Morgan fingerprint density at radius 3 is 2.95 bits per heavy atom. The van der Waals surface area contributed by atoms with Gasteiger partial charge in [-0.25, -0.2) is 15.0 Å². The van der Waals surface area contributed by atoms with Crippen molar-refractivity contribution in [1.82, 2.24) is 19.9 Å². The van der Waals surface area contributed by atoms with E-state index in [0.717, 1.165) is 42.0 Å². The van der Waals surface area contributed by atoms with Gasteiger partial charge in [-0.3, -0.25) is 4.79 Å². The van der Waals surface area contributed by atoms with Crippen molar-refractivity contribution in [2.24, 2.45) is 0 Å². The molecule has 6 heteroatoms. The molecule has 0 aliphatic carbocycles. The van der Waals surface area contributed by atoms with Gasteiger partial charge in [-0.05, 0) is 31.9 Å². The summed E-state index contributed by atoms with van der Waals surface area (Å²) in [7, 11) is 0. The summed E-state index contributed by atoms with van der Waals surface area (Å²) in [5, 5.41) is 4.35. The first-order valence-corrected chi connectivity index (χ1v) is 7.71. The smallest absolute Gasteiger partial charge is 0.224 e. The van der Waals surface area contributed by atoms with Crippen LogP contribution in [0.4, 0.5) is 5.82 Å². The molecule has 6 nitrogen and oxygen atoms in total. The molecule has 2 aromatic heterocycles. The molecule has 3 heterocycles. The fourth-order valence-corrected chi connectivity index (χ4v) is 3.07. The molecule has 116 valence electrons. The molecule has 1 atom stereocenters. The van der Waals surface area contributed by atoms with Gasteiger partial charge in [0.05, 0.1) is 11.4 Å². The number of rotatable bonds is 4. The Morgan fingerprint density at radius 1 is 1.36 bits per heavy atom. The Balaban J connectivity index is 1.87. The van der Waals surface area contributed by atoms with Gasteiger partial charge in [0.1, 0.15) is 12.1 Å². The standard InChI is InChI=1S/C16H21N5O/c1-4-5-21-8-12(7-13(21)22)20-16-14-10(2)6-11(3)19-15(14)17-9-18-16/h6,9,12H,4-5,7-8H2,1-3H3,(H,17,18,19,20)/t12-/m1/s1. The molecule has 0 radical (unpaired) electrons. The molecule has 1 saturated heterocycles. The first-order valence-electron chi connectivity index (χ1n) is 7.71. The van der Waals surface area contributed by atoms with E-state index in [9.17, 15) is 4.79 Å². The number of hydrogen-bond donors (Lipinski definition) is 1. The molecule has 1 fully saturated rings. The summed E-state index contributed by atoms with van der Waals surface area (Å²) in [6, 6.07) is 2.12. The van der Waals surface area contributed by atoms with E-state index in [1.165, 1.54) is 6.33 Å². The molecule has 1 aliphatic heterocycles. The van der Waals surface area contributed by atoms with E-state index in [0.29, 0.717) is 12.1 Å². The predicted molar refractivity (Wildman–Crippen MR) is 85.7 cm³/mol. The highest BCUT2D eigenvalue weighted by Gasteiger charge is 2.29. The van der Waals surface area contributed by atoms with Crippen LogP contribution in [-0.2, 0) is 4.79 Å². The maximum absolute atomic E-state index is 12.0. The monoisotopic (exact) mass is 299 g/mol. The molecule has 0 bridgehead atoms. The highest BCUT2D eigenvalue weighted by molar-refractivity contribution is 5.90. The van der Waals surface area contributed by atoms with Gasteiger partial charge in [0.2, 0.25) is 5.91 Å². The summed E-state index contributed by atoms with van der Waals surface area (Å²) < 4.78 is 0. The highest BCUT2D eigenvalue weighted by Crippen LogP contribution is 2.25. The van der Waals surface area contributed by atoms with E-state index >= 15 is 0 Å². The molecule has 2 aromatic rings. The molecule has 1 amide bonds. The summed E-state index contributed by atoms with van der Waals surface area (Å²) in [6.45, 7) is 7.63. The number of anilines is 1. The van der Waals surface area contributed by atoms with Gasteiger partial charge in [-0.2, -0.15) is 0 Å². The van der Waals surface area contributed by atoms with E-state index < -0.39 is 0 Å². The Hall–Kier alpha value is -2.24. The molecule has 0 unspecified atom stereocenters. The zero-order chi connectivity index (χ0) is 15.7. The van der Waals surface area contributed by atoms with Crippen LogP contribution in [0.3, 0.4) is 0 Å². The van der Waals surface area contributed by atoms with Gasteiger partial charge in [-0.1, -0.05) is 6.92 Å². The molecular weight excluding hydrogens is 278 g/mol. The number of aromatic nitrogens is 3. The number of likely N-dealkylation sites (tertiary alicyclic amines) is 1. The van der Waals surface area contributed by atoms with Crippen LogP contribution >= 0.6 is 0 Å². The number of nitrogens with one attached hydrogen (secondary N) is 1. The van der Waals surface area contributed by atoms with Crippen molar-refractivity contribution in [1.29, 1.82) is 0 Å². The lowest BCUT2D eigenvalue weighted by molar-refractivity contribution is -0.127. The van der Waals surface area contributed by atoms with E-state index in [4.69, 9.17) is 0 Å². The Labute approximate surface area is 130 Å². The lowest BCUT2D eigenvalue weighted by atomic mass is 10.1. The molecule has 0 aromatic carbocycles. The second-order valence-electron chi connectivity index (χ2n) is 5.89. The summed E-state index contributed by atoms with van der Waals surface area (Å²) >= 11 is 0. The predicted octanol–water partition coefficient (Wildman–Crippen LogP) is 2.06. The first-order chi connectivity index (χ1) is 10.6. The number of aryl methyl sites for hydroxylation is 2. The normalized spacial score (nSPS) is 18.2. The Kier molecular flexibility index (Phi) is 3.92. The number of carbonyl (C=O) groups excluding carboxylic acids is 1. The van der Waals surface area contributed by atoms with Gasteiger partial charge in [0.15, 0.2) is 5.65 Å². The minimum Gasteiger partial charge on any atom is -0.364 e. The third-order valence-corrected chi connectivity index (χ3v) is 3.98. The average Bonchev–Trinajstić information content (AvgIpc) is 2.78. The van der Waals surface area contributed by atoms with Crippen LogP contribution in [0.15, 0.2) is 12.4 Å². The molecule has 1 N–H and O–H groups in total. The molecule has 1 aliphatic rings. The van der Waals surface area contributed by atoms with Crippen LogP contribution in [0.5, 0.6) is 0 Å². The molecular formula is C16H21N5O. The van der Waals surface area contributed by atoms with Crippen LogP contribution in [0.1, 0.15) is 31.0 Å². The van der Waals surface area contributed by atoms with Gasteiger partial charge in [0, 0.05) is 25.2 Å². The lowest BCUT2D eigenvalue weighted by Gasteiger charge is -2.17. The number of hydrogen-bond acceptors (Lipinski definition) is 5. The molecule has 0 spiro atoms.